The van der Waals surface area contributed by atoms with Crippen LogP contribution < -0.4 is 5.32 Å². The van der Waals surface area contributed by atoms with Crippen molar-refractivity contribution in [2.24, 2.45) is 0 Å². The number of nitrogens with zero attached hydrogens (tertiary/aromatic N) is 1. The summed E-state index contributed by atoms with van der Waals surface area (Å²) in [6, 6.07) is -0.767. The molecule has 0 aliphatic rings. The van der Waals surface area contributed by atoms with Crippen LogP contribution in [0, 0.1) is 6.92 Å². The van der Waals surface area contributed by atoms with Gasteiger partial charge in [-0.2, -0.15) is 0 Å². The van der Waals surface area contributed by atoms with E-state index in [0.717, 1.165) is 0 Å². The van der Waals surface area contributed by atoms with Gasteiger partial charge in [-0.15, -0.1) is 11.3 Å². The summed E-state index contributed by atoms with van der Waals surface area (Å²) < 4.78 is 9.82. The van der Waals surface area contributed by atoms with Gasteiger partial charge in [-0.25, -0.2) is 14.6 Å². The maximum absolute atomic E-state index is 11.9. The smallest absolute Gasteiger partial charge is 0.408 e. The highest BCUT2D eigenvalue weighted by atomic mass is 32.1. The van der Waals surface area contributed by atoms with E-state index in [4.69, 9.17) is 4.74 Å². The SMILES string of the molecule is COC(=O)c1nc([C@@H](NC(=O)OC(C)(C)C)[C@@H](C)O)sc1C. The Bertz CT molecular complexity index is 548. The Labute approximate surface area is 133 Å². The van der Waals surface area contributed by atoms with Gasteiger partial charge < -0.3 is 19.9 Å². The van der Waals surface area contributed by atoms with E-state index in [0.29, 0.717) is 9.88 Å². The van der Waals surface area contributed by atoms with E-state index in [2.05, 4.69) is 15.0 Å². The number of aliphatic hydroxyl groups excluding tert-OH is 1. The zero-order chi connectivity index (χ0) is 17.1. The Morgan fingerprint density at radius 1 is 1.36 bits per heavy atom. The summed E-state index contributed by atoms with van der Waals surface area (Å²) in [7, 11) is 1.27. The highest BCUT2D eigenvalue weighted by Crippen LogP contribution is 2.26. The molecular weight excluding hydrogens is 308 g/mol. The number of carbonyl (C=O) groups is 2. The second-order valence-electron chi connectivity index (χ2n) is 5.81. The number of ether oxygens (including phenoxy) is 2. The highest BCUT2D eigenvalue weighted by molar-refractivity contribution is 7.12. The fourth-order valence-corrected chi connectivity index (χ4v) is 2.72. The molecule has 1 aromatic heterocycles. The lowest BCUT2D eigenvalue weighted by Gasteiger charge is -2.24. The van der Waals surface area contributed by atoms with E-state index in [-0.39, 0.29) is 5.69 Å². The van der Waals surface area contributed by atoms with Crippen LogP contribution in [0.25, 0.3) is 0 Å². The third-order valence-corrected chi connectivity index (χ3v) is 3.67. The number of aromatic nitrogens is 1. The molecule has 1 amide bonds. The van der Waals surface area contributed by atoms with Gasteiger partial charge in [0.2, 0.25) is 0 Å². The van der Waals surface area contributed by atoms with Crippen molar-refractivity contribution in [3.63, 3.8) is 0 Å². The van der Waals surface area contributed by atoms with Gasteiger partial charge >= 0.3 is 12.1 Å². The van der Waals surface area contributed by atoms with Crippen LogP contribution in [-0.4, -0.2) is 41.0 Å². The summed E-state index contributed by atoms with van der Waals surface area (Å²) in [6.45, 7) is 8.48. The lowest BCUT2D eigenvalue weighted by molar-refractivity contribution is 0.0435. The van der Waals surface area contributed by atoms with Crippen LogP contribution >= 0.6 is 11.3 Å². The van der Waals surface area contributed by atoms with Crippen molar-refractivity contribution in [3.05, 3.63) is 15.6 Å². The molecule has 0 unspecified atom stereocenters. The van der Waals surface area contributed by atoms with Crippen LogP contribution in [0.3, 0.4) is 0 Å². The van der Waals surface area contributed by atoms with Crippen LogP contribution in [0.1, 0.15) is 54.1 Å². The van der Waals surface area contributed by atoms with E-state index >= 15 is 0 Å². The van der Waals surface area contributed by atoms with Crippen molar-refractivity contribution in [2.45, 2.75) is 52.4 Å². The predicted octanol–water partition coefficient (Wildman–Crippen LogP) is 2.18. The first kappa shape index (κ1) is 18.4. The Kier molecular flexibility index (Phi) is 5.90. The number of methoxy groups -OCH3 is 1. The van der Waals surface area contributed by atoms with Crippen molar-refractivity contribution in [3.8, 4) is 0 Å². The van der Waals surface area contributed by atoms with Gasteiger partial charge in [0.25, 0.3) is 0 Å². The summed E-state index contributed by atoms with van der Waals surface area (Å²) in [5, 5.41) is 12.9. The Balaban J connectivity index is 2.97. The fraction of sp³-hybridized carbons (Fsp3) is 0.643. The van der Waals surface area contributed by atoms with Crippen molar-refractivity contribution in [1.29, 1.82) is 0 Å². The van der Waals surface area contributed by atoms with Gasteiger partial charge in [0.15, 0.2) is 5.69 Å². The number of aryl methyl sites for hydroxylation is 1. The minimum atomic E-state index is -0.899. The molecule has 1 aromatic rings. The van der Waals surface area contributed by atoms with Gasteiger partial charge in [-0.05, 0) is 34.6 Å². The average molecular weight is 330 g/mol. The second-order valence-corrected chi connectivity index (χ2v) is 7.05. The zero-order valence-electron chi connectivity index (χ0n) is 13.6. The second kappa shape index (κ2) is 7.06. The van der Waals surface area contributed by atoms with Crippen molar-refractivity contribution < 1.29 is 24.2 Å². The molecule has 0 bridgehead atoms. The molecule has 0 radical (unpaired) electrons. The van der Waals surface area contributed by atoms with Crippen molar-refractivity contribution in [2.75, 3.05) is 7.11 Å². The quantitative estimate of drug-likeness (QED) is 0.821. The van der Waals surface area contributed by atoms with Crippen LogP contribution in [-0.2, 0) is 9.47 Å². The number of amides is 1. The number of rotatable bonds is 4. The number of esters is 1. The predicted molar refractivity (Wildman–Crippen MR) is 82.0 cm³/mol. The molecule has 22 heavy (non-hydrogen) atoms. The van der Waals surface area contributed by atoms with Gasteiger partial charge in [-0.3, -0.25) is 0 Å². The largest absolute Gasteiger partial charge is 0.464 e. The molecule has 0 aromatic carbocycles. The fourth-order valence-electron chi connectivity index (χ4n) is 1.66. The van der Waals surface area contributed by atoms with Crippen molar-refractivity contribution in [1.82, 2.24) is 10.3 Å². The highest BCUT2D eigenvalue weighted by Gasteiger charge is 2.28. The number of thiazole rings is 1. The number of hydrogen-bond acceptors (Lipinski definition) is 7. The molecule has 2 N–H and O–H groups in total. The standard InChI is InChI=1S/C14H22N2O5S/c1-7(17)9(16-13(19)21-14(3,4)5)11-15-10(8(2)22-11)12(18)20-6/h7,9,17H,1-6H3,(H,16,19)/t7-,9+/m1/s1. The monoisotopic (exact) mass is 330 g/mol. The van der Waals surface area contributed by atoms with E-state index in [1.54, 1.807) is 27.7 Å². The van der Waals surface area contributed by atoms with Crippen LogP contribution in [0.15, 0.2) is 0 Å². The van der Waals surface area contributed by atoms with Crippen molar-refractivity contribution >= 4 is 23.4 Å². The molecule has 0 saturated carbocycles. The van der Waals surface area contributed by atoms with E-state index in [1.165, 1.54) is 25.4 Å². The van der Waals surface area contributed by atoms with E-state index in [9.17, 15) is 14.7 Å². The van der Waals surface area contributed by atoms with Crippen LogP contribution in [0.2, 0.25) is 0 Å². The Morgan fingerprint density at radius 3 is 2.41 bits per heavy atom. The molecule has 1 rings (SSSR count). The van der Waals surface area contributed by atoms with E-state index < -0.39 is 29.8 Å². The minimum Gasteiger partial charge on any atom is -0.464 e. The summed E-state index contributed by atoms with van der Waals surface area (Å²) in [6.07, 6.45) is -1.56. The molecule has 0 spiro atoms. The maximum atomic E-state index is 11.9. The number of alkyl carbamates (subject to hydrolysis) is 1. The topological polar surface area (TPSA) is 97.8 Å². The van der Waals surface area contributed by atoms with Gasteiger partial charge in [0.05, 0.1) is 13.2 Å². The van der Waals surface area contributed by atoms with E-state index in [1.807, 2.05) is 0 Å². The Morgan fingerprint density at radius 2 is 1.95 bits per heavy atom. The summed E-state index contributed by atoms with van der Waals surface area (Å²) >= 11 is 1.21. The summed E-state index contributed by atoms with van der Waals surface area (Å²) in [4.78, 5) is 28.3. The lowest BCUT2D eigenvalue weighted by Crippen LogP contribution is -2.38. The number of nitrogens with one attached hydrogen (secondary N) is 1. The molecule has 1 heterocycles. The normalized spacial score (nSPS) is 14.1. The average Bonchev–Trinajstić information content (AvgIpc) is 2.74. The third kappa shape index (κ3) is 4.96. The van der Waals surface area contributed by atoms with Crippen LogP contribution in [0.4, 0.5) is 4.79 Å². The number of aliphatic hydroxyl groups is 1. The van der Waals surface area contributed by atoms with Gasteiger partial charge in [0.1, 0.15) is 16.7 Å². The maximum Gasteiger partial charge on any atom is 0.408 e. The van der Waals surface area contributed by atoms with Gasteiger partial charge in [-0.1, -0.05) is 0 Å². The molecule has 8 heteroatoms. The third-order valence-electron chi connectivity index (χ3n) is 2.61. The molecule has 2 atom stereocenters. The number of carbonyl (C=O) groups excluding carboxylic acids is 2. The summed E-state index contributed by atoms with van der Waals surface area (Å²) in [5.41, 5.74) is -0.470. The first-order chi connectivity index (χ1) is 10.0. The molecular formula is C14H22N2O5S. The molecule has 0 fully saturated rings. The molecule has 124 valence electrons. The van der Waals surface area contributed by atoms with Gasteiger partial charge in [0, 0.05) is 4.88 Å². The molecule has 0 aliphatic carbocycles. The molecule has 7 nitrogen and oxygen atoms in total. The first-order valence-corrected chi connectivity index (χ1v) is 7.60. The minimum absolute atomic E-state index is 0.180. The summed E-state index contributed by atoms with van der Waals surface area (Å²) in [5.74, 6) is -0.554. The zero-order valence-corrected chi connectivity index (χ0v) is 14.4. The van der Waals surface area contributed by atoms with Crippen LogP contribution in [0.5, 0.6) is 0 Å². The first-order valence-electron chi connectivity index (χ1n) is 6.78. The molecule has 0 aliphatic heterocycles. The Hall–Kier alpha value is -1.67. The molecule has 0 saturated heterocycles. The number of hydrogen-bond donors (Lipinski definition) is 2. The lowest BCUT2D eigenvalue weighted by atomic mass is 10.2.